The summed E-state index contributed by atoms with van der Waals surface area (Å²) < 4.78 is 37.7. The van der Waals surface area contributed by atoms with Gasteiger partial charge in [0.25, 0.3) is 0 Å². The molecule has 0 atom stereocenters. The molecule has 9 heteroatoms. The Hall–Kier alpha value is -2.06. The zero-order chi connectivity index (χ0) is 14.8. The highest BCUT2D eigenvalue weighted by Gasteiger charge is 2.33. The van der Waals surface area contributed by atoms with Crippen molar-refractivity contribution >= 4 is 11.9 Å². The number of halogens is 3. The normalized spacial score (nSPS) is 17.1. The third-order valence-electron chi connectivity index (χ3n) is 3.09. The highest BCUT2D eigenvalue weighted by atomic mass is 19.4. The first-order valence-electron chi connectivity index (χ1n) is 6.00. The number of carboxylic acid groups (broad SMARTS) is 1. The number of hydrogen-bond donors (Lipinski definition) is 2. The first-order chi connectivity index (χ1) is 9.36. The van der Waals surface area contributed by atoms with Crippen LogP contribution in [-0.2, 0) is 6.18 Å². The van der Waals surface area contributed by atoms with Gasteiger partial charge in [-0.2, -0.15) is 13.2 Å². The number of alkyl halides is 3. The maximum absolute atomic E-state index is 12.6. The molecule has 0 radical (unpaired) electrons. The predicted octanol–water partition coefficient (Wildman–Crippen LogP) is 1.73. The van der Waals surface area contributed by atoms with Gasteiger partial charge in [0.1, 0.15) is 17.8 Å². The van der Waals surface area contributed by atoms with E-state index in [-0.39, 0.29) is 11.9 Å². The van der Waals surface area contributed by atoms with Crippen LogP contribution in [0.15, 0.2) is 12.4 Å². The van der Waals surface area contributed by atoms with E-state index >= 15 is 0 Å². The van der Waals surface area contributed by atoms with Crippen LogP contribution in [-0.4, -0.2) is 40.3 Å². The first-order valence-corrected chi connectivity index (χ1v) is 6.00. The molecule has 1 saturated heterocycles. The average Bonchev–Trinajstić information content (AvgIpc) is 2.38. The van der Waals surface area contributed by atoms with Gasteiger partial charge in [0, 0.05) is 25.2 Å². The third-order valence-corrected chi connectivity index (χ3v) is 3.09. The quantitative estimate of drug-likeness (QED) is 0.867. The average molecular weight is 290 g/mol. The van der Waals surface area contributed by atoms with Crippen LogP contribution in [0, 0.1) is 0 Å². The number of nitrogens with zero attached hydrogens (tertiary/aromatic N) is 3. The molecule has 2 N–H and O–H groups in total. The van der Waals surface area contributed by atoms with E-state index in [2.05, 4.69) is 15.3 Å². The van der Waals surface area contributed by atoms with Gasteiger partial charge in [-0.3, -0.25) is 0 Å². The Labute approximate surface area is 112 Å². The zero-order valence-corrected chi connectivity index (χ0v) is 10.4. The lowest BCUT2D eigenvalue weighted by Crippen LogP contribution is -2.44. The van der Waals surface area contributed by atoms with E-state index in [1.54, 1.807) is 4.90 Å². The van der Waals surface area contributed by atoms with Gasteiger partial charge in [-0.25, -0.2) is 14.8 Å². The van der Waals surface area contributed by atoms with Crippen LogP contribution in [0.2, 0.25) is 0 Å². The Balaban J connectivity index is 2.02. The molecule has 20 heavy (non-hydrogen) atoms. The summed E-state index contributed by atoms with van der Waals surface area (Å²) in [6, 6.07) is 0.734. The molecule has 1 amide bonds. The summed E-state index contributed by atoms with van der Waals surface area (Å²) in [5.41, 5.74) is -0.978. The monoisotopic (exact) mass is 290 g/mol. The first kappa shape index (κ1) is 14.4. The molecule has 0 spiro atoms. The lowest BCUT2D eigenvalue weighted by Gasteiger charge is -2.32. The summed E-state index contributed by atoms with van der Waals surface area (Å²) in [4.78, 5) is 19.2. The number of aromatic nitrogens is 2. The fourth-order valence-electron chi connectivity index (χ4n) is 2.10. The molecular weight excluding hydrogens is 277 g/mol. The topological polar surface area (TPSA) is 78.4 Å². The molecule has 1 aliphatic heterocycles. The molecule has 0 saturated carbocycles. The molecule has 0 unspecified atom stereocenters. The smallest absolute Gasteiger partial charge is 0.433 e. The van der Waals surface area contributed by atoms with Gasteiger partial charge in [0.2, 0.25) is 0 Å². The van der Waals surface area contributed by atoms with Crippen molar-refractivity contribution in [2.75, 3.05) is 18.0 Å². The standard InChI is InChI=1S/C11H13F3N4O2/c12-11(13,14)8-5-9(16-6-15-8)18-3-1-7(2-4-18)17-10(19)20/h5-7,17H,1-4H2,(H,19,20). The Morgan fingerprint density at radius 2 is 2.00 bits per heavy atom. The van der Waals surface area contributed by atoms with Crippen LogP contribution < -0.4 is 10.2 Å². The minimum absolute atomic E-state index is 0.173. The third kappa shape index (κ3) is 3.49. The van der Waals surface area contributed by atoms with Gasteiger partial charge in [0.15, 0.2) is 0 Å². The molecule has 0 bridgehead atoms. The van der Waals surface area contributed by atoms with Crippen LogP contribution in [0.5, 0.6) is 0 Å². The number of rotatable bonds is 2. The molecule has 0 aromatic carbocycles. The number of anilines is 1. The lowest BCUT2D eigenvalue weighted by atomic mass is 10.1. The molecule has 6 nitrogen and oxygen atoms in total. The molecule has 110 valence electrons. The van der Waals surface area contributed by atoms with Crippen molar-refractivity contribution in [1.29, 1.82) is 0 Å². The zero-order valence-electron chi connectivity index (χ0n) is 10.4. The van der Waals surface area contributed by atoms with Crippen LogP contribution >= 0.6 is 0 Å². The minimum Gasteiger partial charge on any atom is -0.465 e. The van der Waals surface area contributed by atoms with E-state index in [4.69, 9.17) is 5.11 Å². The predicted molar refractivity (Wildman–Crippen MR) is 63.4 cm³/mol. The van der Waals surface area contributed by atoms with Crippen LogP contribution in [0.4, 0.5) is 23.8 Å². The van der Waals surface area contributed by atoms with E-state index in [0.717, 1.165) is 12.4 Å². The molecule has 1 aromatic rings. The number of carbonyl (C=O) groups is 1. The maximum Gasteiger partial charge on any atom is 0.433 e. The van der Waals surface area contributed by atoms with Gasteiger partial charge in [-0.15, -0.1) is 0 Å². The summed E-state index contributed by atoms with van der Waals surface area (Å²) in [5.74, 6) is 0.209. The van der Waals surface area contributed by atoms with E-state index in [1.807, 2.05) is 0 Å². The molecule has 0 aliphatic carbocycles. The Morgan fingerprint density at radius 1 is 1.35 bits per heavy atom. The summed E-state index contributed by atoms with van der Waals surface area (Å²) >= 11 is 0. The van der Waals surface area contributed by atoms with Gasteiger partial charge < -0.3 is 15.3 Å². The molecule has 1 aliphatic rings. The van der Waals surface area contributed by atoms with Gasteiger partial charge in [-0.05, 0) is 12.8 Å². The Morgan fingerprint density at radius 3 is 2.55 bits per heavy atom. The number of piperidine rings is 1. The Kier molecular flexibility index (Phi) is 3.96. The van der Waals surface area contributed by atoms with Crippen LogP contribution in [0.25, 0.3) is 0 Å². The van der Waals surface area contributed by atoms with Gasteiger partial charge in [-0.1, -0.05) is 0 Å². The highest BCUT2D eigenvalue weighted by molar-refractivity contribution is 5.64. The highest BCUT2D eigenvalue weighted by Crippen LogP contribution is 2.29. The molecule has 1 aromatic heterocycles. The SMILES string of the molecule is O=C(O)NC1CCN(c2cc(C(F)(F)F)ncn2)CC1. The number of hydrogen-bond acceptors (Lipinski definition) is 4. The number of nitrogens with one attached hydrogen (secondary N) is 1. The van der Waals surface area contributed by atoms with E-state index in [1.165, 1.54) is 0 Å². The van der Waals surface area contributed by atoms with Crippen molar-refractivity contribution in [3.63, 3.8) is 0 Å². The van der Waals surface area contributed by atoms with Gasteiger partial charge in [0.05, 0.1) is 0 Å². The largest absolute Gasteiger partial charge is 0.465 e. The second-order valence-electron chi connectivity index (χ2n) is 4.47. The van der Waals surface area contributed by atoms with Crippen LogP contribution in [0.3, 0.4) is 0 Å². The Bertz CT molecular complexity index is 487. The molecular formula is C11H13F3N4O2. The van der Waals surface area contributed by atoms with E-state index in [9.17, 15) is 18.0 Å². The minimum atomic E-state index is -4.50. The maximum atomic E-state index is 12.6. The second kappa shape index (κ2) is 5.51. The molecule has 2 heterocycles. The van der Waals surface area contributed by atoms with Crippen molar-refractivity contribution in [2.24, 2.45) is 0 Å². The second-order valence-corrected chi connectivity index (χ2v) is 4.47. The summed E-state index contributed by atoms with van der Waals surface area (Å²) in [5, 5.41) is 11.0. The molecule has 1 fully saturated rings. The van der Waals surface area contributed by atoms with Crippen molar-refractivity contribution in [3.8, 4) is 0 Å². The summed E-state index contributed by atoms with van der Waals surface area (Å²) in [6.45, 7) is 0.887. The van der Waals surface area contributed by atoms with Gasteiger partial charge >= 0.3 is 12.3 Å². The van der Waals surface area contributed by atoms with Crippen molar-refractivity contribution in [1.82, 2.24) is 15.3 Å². The number of amides is 1. The lowest BCUT2D eigenvalue weighted by molar-refractivity contribution is -0.141. The summed E-state index contributed by atoms with van der Waals surface area (Å²) in [7, 11) is 0. The fraction of sp³-hybridized carbons (Fsp3) is 0.545. The van der Waals surface area contributed by atoms with Crippen molar-refractivity contribution in [2.45, 2.75) is 25.1 Å². The fourth-order valence-corrected chi connectivity index (χ4v) is 2.10. The molecule has 2 rings (SSSR count). The van der Waals surface area contributed by atoms with E-state index < -0.39 is 18.0 Å². The van der Waals surface area contributed by atoms with Crippen molar-refractivity contribution < 1.29 is 23.1 Å². The van der Waals surface area contributed by atoms with E-state index in [0.29, 0.717) is 25.9 Å². The summed E-state index contributed by atoms with van der Waals surface area (Å²) in [6.07, 6.45) is -3.65. The van der Waals surface area contributed by atoms with Crippen molar-refractivity contribution in [3.05, 3.63) is 18.1 Å². The van der Waals surface area contributed by atoms with Crippen LogP contribution in [0.1, 0.15) is 18.5 Å².